The minimum absolute atomic E-state index is 0.0523. The Morgan fingerprint density at radius 1 is 0.929 bits per heavy atom. The van der Waals surface area contributed by atoms with Crippen LogP contribution in [-0.4, -0.2) is 35.1 Å². The molecule has 0 fully saturated rings. The third kappa shape index (κ3) is 7.55. The van der Waals surface area contributed by atoms with Crippen LogP contribution in [0.25, 0.3) is 12.2 Å². The van der Waals surface area contributed by atoms with Crippen LogP contribution in [0.15, 0.2) is 54.6 Å². The van der Waals surface area contributed by atoms with Gasteiger partial charge in [0.15, 0.2) is 0 Å². The molecule has 0 saturated carbocycles. The lowest BCUT2D eigenvalue weighted by molar-refractivity contribution is -0.116. The Labute approximate surface area is 168 Å². The van der Waals surface area contributed by atoms with Crippen LogP contribution >= 0.6 is 11.6 Å². The fourth-order valence-corrected chi connectivity index (χ4v) is 2.45. The van der Waals surface area contributed by atoms with Crippen LogP contribution in [0.1, 0.15) is 17.5 Å². The van der Waals surface area contributed by atoms with Crippen molar-refractivity contribution in [3.8, 4) is 11.5 Å². The largest absolute Gasteiger partial charge is 0.508 e. The molecule has 2 aromatic rings. The number of halogens is 1. The topological polar surface area (TPSA) is 98.7 Å². The van der Waals surface area contributed by atoms with E-state index in [1.54, 1.807) is 24.3 Å². The monoisotopic (exact) mass is 400 g/mol. The second kappa shape index (κ2) is 10.8. The van der Waals surface area contributed by atoms with Crippen LogP contribution < -0.4 is 10.6 Å². The summed E-state index contributed by atoms with van der Waals surface area (Å²) in [5, 5.41) is 24.9. The van der Waals surface area contributed by atoms with Crippen molar-refractivity contribution >= 4 is 35.6 Å². The van der Waals surface area contributed by atoms with Gasteiger partial charge in [0.05, 0.1) is 0 Å². The van der Waals surface area contributed by atoms with Gasteiger partial charge in [-0.2, -0.15) is 0 Å². The molecule has 2 aromatic carbocycles. The highest BCUT2D eigenvalue weighted by Gasteiger charge is 2.01. The SMILES string of the molecule is O=C(/C=C/c1cccc(Cl)c1)NCCCNC(=O)/C=C/c1ccc(O)cc1O. The lowest BCUT2D eigenvalue weighted by atomic mass is 10.2. The summed E-state index contributed by atoms with van der Waals surface area (Å²) >= 11 is 5.88. The van der Waals surface area contributed by atoms with Gasteiger partial charge >= 0.3 is 0 Å². The molecule has 0 unspecified atom stereocenters. The number of nitrogens with one attached hydrogen (secondary N) is 2. The zero-order chi connectivity index (χ0) is 20.4. The van der Waals surface area contributed by atoms with E-state index in [4.69, 9.17) is 11.6 Å². The number of aromatic hydroxyl groups is 2. The van der Waals surface area contributed by atoms with Gasteiger partial charge in [-0.1, -0.05) is 23.7 Å². The van der Waals surface area contributed by atoms with E-state index in [9.17, 15) is 19.8 Å². The predicted molar refractivity (Wildman–Crippen MR) is 110 cm³/mol. The van der Waals surface area contributed by atoms with Crippen LogP contribution in [-0.2, 0) is 9.59 Å². The highest BCUT2D eigenvalue weighted by Crippen LogP contribution is 2.23. The highest BCUT2D eigenvalue weighted by atomic mass is 35.5. The standard InChI is InChI=1S/C21H21ClN2O4/c22-17-4-1-3-15(13-17)5-9-20(27)23-11-2-12-24-21(28)10-7-16-6-8-18(25)14-19(16)26/h1,3-10,13-14,25-26H,2,11-12H2,(H,23,27)(H,24,28)/b9-5+,10-7+. The van der Waals surface area contributed by atoms with Crippen LogP contribution in [0.2, 0.25) is 5.02 Å². The molecular formula is C21H21ClN2O4. The van der Waals surface area contributed by atoms with Gasteiger partial charge in [0.2, 0.25) is 11.8 Å². The van der Waals surface area contributed by atoms with Gasteiger partial charge in [-0.15, -0.1) is 0 Å². The average molecular weight is 401 g/mol. The molecule has 0 aliphatic carbocycles. The van der Waals surface area contributed by atoms with Crippen LogP contribution in [0.5, 0.6) is 11.5 Å². The van der Waals surface area contributed by atoms with Crippen LogP contribution in [0.3, 0.4) is 0 Å². The summed E-state index contributed by atoms with van der Waals surface area (Å²) in [5.41, 5.74) is 1.26. The van der Waals surface area contributed by atoms with E-state index >= 15 is 0 Å². The number of carbonyl (C=O) groups is 2. The summed E-state index contributed by atoms with van der Waals surface area (Å²) in [7, 11) is 0. The Bertz CT molecular complexity index is 894. The van der Waals surface area contributed by atoms with Crippen molar-refractivity contribution < 1.29 is 19.8 Å². The summed E-state index contributed by atoms with van der Waals surface area (Å²) in [6, 6.07) is 11.3. The number of phenols is 2. The first-order chi connectivity index (χ1) is 13.4. The molecule has 0 heterocycles. The number of hydrogen-bond donors (Lipinski definition) is 4. The molecule has 6 nitrogen and oxygen atoms in total. The number of rotatable bonds is 8. The molecule has 28 heavy (non-hydrogen) atoms. The maximum Gasteiger partial charge on any atom is 0.244 e. The van der Waals surface area contributed by atoms with Crippen LogP contribution in [0.4, 0.5) is 0 Å². The summed E-state index contributed by atoms with van der Waals surface area (Å²) in [6.07, 6.45) is 6.41. The van der Waals surface area contributed by atoms with Gasteiger partial charge in [0.25, 0.3) is 0 Å². The Hall–Kier alpha value is -3.25. The number of phenolic OH excluding ortho intramolecular Hbond substituents is 2. The quantitative estimate of drug-likeness (QED) is 0.404. The molecule has 146 valence electrons. The zero-order valence-electron chi connectivity index (χ0n) is 15.1. The van der Waals surface area contributed by atoms with Crippen molar-refractivity contribution in [2.45, 2.75) is 6.42 Å². The number of hydrogen-bond acceptors (Lipinski definition) is 4. The van der Waals surface area contributed by atoms with E-state index in [-0.39, 0.29) is 23.3 Å². The van der Waals surface area contributed by atoms with Gasteiger partial charge in [-0.25, -0.2) is 0 Å². The van der Waals surface area contributed by atoms with Gasteiger partial charge in [-0.3, -0.25) is 9.59 Å². The van der Waals surface area contributed by atoms with Gasteiger partial charge in [0.1, 0.15) is 11.5 Å². The van der Waals surface area contributed by atoms with Crippen molar-refractivity contribution in [1.29, 1.82) is 0 Å². The molecule has 0 aliphatic heterocycles. The van der Waals surface area contributed by atoms with Gasteiger partial charge in [-0.05, 0) is 48.4 Å². The first-order valence-corrected chi connectivity index (χ1v) is 9.01. The molecule has 2 amide bonds. The first kappa shape index (κ1) is 21.1. The average Bonchev–Trinajstić information content (AvgIpc) is 2.65. The first-order valence-electron chi connectivity index (χ1n) is 8.63. The van der Waals surface area contributed by atoms with E-state index in [0.717, 1.165) is 5.56 Å². The van der Waals surface area contributed by atoms with Crippen molar-refractivity contribution in [3.63, 3.8) is 0 Å². The van der Waals surface area contributed by atoms with Crippen molar-refractivity contribution in [1.82, 2.24) is 10.6 Å². The Morgan fingerprint density at radius 3 is 2.25 bits per heavy atom. The molecular weight excluding hydrogens is 380 g/mol. The maximum absolute atomic E-state index is 11.7. The second-order valence-corrected chi connectivity index (χ2v) is 6.34. The normalized spacial score (nSPS) is 11.0. The van der Waals surface area contributed by atoms with Crippen molar-refractivity contribution in [2.24, 2.45) is 0 Å². The third-order valence-corrected chi connectivity index (χ3v) is 3.89. The molecule has 0 radical (unpaired) electrons. The second-order valence-electron chi connectivity index (χ2n) is 5.90. The fraction of sp³-hybridized carbons (Fsp3) is 0.143. The van der Waals surface area contributed by atoms with E-state index in [1.807, 2.05) is 6.07 Å². The molecule has 0 aliphatic rings. The molecule has 0 saturated heterocycles. The molecule has 0 aromatic heterocycles. The van der Waals surface area contributed by atoms with Crippen molar-refractivity contribution in [2.75, 3.05) is 13.1 Å². The summed E-state index contributed by atoms with van der Waals surface area (Å²) in [5.74, 6) is -0.713. The summed E-state index contributed by atoms with van der Waals surface area (Å²) < 4.78 is 0. The molecule has 0 bridgehead atoms. The highest BCUT2D eigenvalue weighted by molar-refractivity contribution is 6.30. The zero-order valence-corrected chi connectivity index (χ0v) is 15.8. The maximum atomic E-state index is 11.7. The third-order valence-electron chi connectivity index (χ3n) is 3.66. The van der Waals surface area contributed by atoms with E-state index in [1.165, 1.54) is 36.4 Å². The predicted octanol–water partition coefficient (Wildman–Crippen LogP) is 3.10. The summed E-state index contributed by atoms with van der Waals surface area (Å²) in [4.78, 5) is 23.5. The number of amides is 2. The van der Waals surface area contributed by atoms with E-state index < -0.39 is 0 Å². The number of benzene rings is 2. The fourth-order valence-electron chi connectivity index (χ4n) is 2.25. The molecule has 4 N–H and O–H groups in total. The van der Waals surface area contributed by atoms with Crippen molar-refractivity contribution in [3.05, 3.63) is 70.8 Å². The lowest BCUT2D eigenvalue weighted by Gasteiger charge is -2.04. The smallest absolute Gasteiger partial charge is 0.244 e. The molecule has 0 atom stereocenters. The van der Waals surface area contributed by atoms with Gasteiger partial charge in [0, 0.05) is 41.9 Å². The van der Waals surface area contributed by atoms with Crippen LogP contribution in [0, 0.1) is 0 Å². The Kier molecular flexibility index (Phi) is 8.11. The van der Waals surface area contributed by atoms with Gasteiger partial charge < -0.3 is 20.8 Å². The summed E-state index contributed by atoms with van der Waals surface area (Å²) in [6.45, 7) is 0.810. The number of carbonyl (C=O) groups excluding carboxylic acids is 2. The minimum Gasteiger partial charge on any atom is -0.508 e. The Morgan fingerprint density at radius 2 is 1.61 bits per heavy atom. The van der Waals surface area contributed by atoms with E-state index in [0.29, 0.717) is 30.1 Å². The Balaban J connectivity index is 1.64. The molecule has 2 rings (SSSR count). The molecule has 7 heteroatoms. The molecule has 0 spiro atoms. The lowest BCUT2D eigenvalue weighted by Crippen LogP contribution is -2.28. The minimum atomic E-state index is -0.320. The van der Waals surface area contributed by atoms with E-state index in [2.05, 4.69) is 10.6 Å².